The van der Waals surface area contributed by atoms with Gasteiger partial charge in [0, 0.05) is 22.2 Å². The average Bonchev–Trinajstić information content (AvgIpc) is 1.79. The number of fused-ring (bicyclic) bond motifs is 3. The number of aromatic amines is 1. The third-order valence-electron chi connectivity index (χ3n) is 15.3. The molecule has 530 valence electrons. The lowest BCUT2D eigenvalue weighted by Crippen LogP contribution is -2.18. The number of rotatable bonds is 16. The van der Waals surface area contributed by atoms with Crippen LogP contribution in [0.25, 0.3) is 38.0 Å². The number of aromatic hydroxyl groups is 6. The minimum Gasteiger partial charge on any atom is -0.506 e. The number of non-ortho nitro benzene ring substituents is 1. The van der Waals surface area contributed by atoms with Crippen LogP contribution in [0.4, 0.5) is 68.2 Å². The second-order valence-corrected chi connectivity index (χ2v) is 25.9. The smallest absolute Gasteiger partial charge is 0.299 e. The number of hydrogen-bond acceptors (Lipinski definition) is 25. The molecule has 1 aromatic heterocycles. The van der Waals surface area contributed by atoms with Gasteiger partial charge in [0.1, 0.15) is 85.7 Å². The molecule has 12 aromatic carbocycles. The summed E-state index contributed by atoms with van der Waals surface area (Å²) in [7, 11) is -4.78. The van der Waals surface area contributed by atoms with Crippen molar-refractivity contribution < 1.29 is 57.1 Å². The molecule has 0 aliphatic heterocycles. The van der Waals surface area contributed by atoms with Crippen LogP contribution in [-0.2, 0) is 20.0 Å². The van der Waals surface area contributed by atoms with Gasteiger partial charge in [-0.25, -0.2) is 31.4 Å². The lowest BCUT2D eigenvalue weighted by Gasteiger charge is -2.06. The van der Waals surface area contributed by atoms with Crippen molar-refractivity contribution in [2.24, 2.45) is 56.3 Å². The number of aromatic nitrogens is 2. The van der Waals surface area contributed by atoms with Crippen LogP contribution in [-0.4, -0.2) is 76.3 Å². The fourth-order valence-corrected chi connectivity index (χ4v) is 11.2. The summed E-state index contributed by atoms with van der Waals surface area (Å²) in [4.78, 5) is 22.3. The zero-order valence-electron chi connectivity index (χ0n) is 55.7. The number of nitrogen functional groups attached to an aromatic ring is 1. The van der Waals surface area contributed by atoms with Gasteiger partial charge in [0.05, 0.1) is 50.6 Å². The topological polar surface area (TPSA) is 467 Å². The van der Waals surface area contributed by atoms with Gasteiger partial charge in [0.15, 0.2) is 5.69 Å². The summed E-state index contributed by atoms with van der Waals surface area (Å²) in [5, 5.41) is 124. The van der Waals surface area contributed by atoms with E-state index < -0.39 is 30.5 Å². The zero-order chi connectivity index (χ0) is 75.1. The molecule has 0 saturated carbocycles. The maximum atomic E-state index is 12.5. The van der Waals surface area contributed by atoms with E-state index in [-0.39, 0.29) is 84.1 Å². The number of nitrogens with two attached hydrogens (primary N) is 2. The highest BCUT2D eigenvalue weighted by atomic mass is 32.2. The largest absolute Gasteiger partial charge is 0.506 e. The standard InChI is InChI=1S/C23H18N4O3.C17H14N4O3.C17H15N3O4S.C16H15N5O4S/c1-30-22-9-5-4-8-18(22)25-24-16-11-13-20(28)19(14-16)26-27-23-17-7-3-2-6-15(17)10-12-21(23)29;1-10-2-5-13-11(8-10)3-6-14(18)17(13)20-19-15-7-4-12(21(23)24)9-16(15)22;1-18-25(23,24)12-7-9-15(21)14(10-12)19-20-17-13-5-3-2-4-11(13)6-8-16(17)22;1-10-15(16(23)21(20-10)11-5-3-2-4-6-11)19-18-13-9-12(26(17,24)25)7-8-14(13)22/h2-14,28-29H,1H3;2-9,22H,18H2,1H3;2-10,18,21-22H,1H3;2-9,20,22H,1H3,(H2,17,24,25). The zero-order valence-corrected chi connectivity index (χ0v) is 57.4. The number of phenols is 6. The van der Waals surface area contributed by atoms with E-state index in [0.717, 1.165) is 56.8 Å². The number of sulfonamides is 2. The van der Waals surface area contributed by atoms with Crippen LogP contribution in [0.2, 0.25) is 0 Å². The van der Waals surface area contributed by atoms with Gasteiger partial charge >= 0.3 is 0 Å². The molecule has 0 aliphatic rings. The first-order valence-electron chi connectivity index (χ1n) is 31.0. The van der Waals surface area contributed by atoms with E-state index >= 15 is 0 Å². The van der Waals surface area contributed by atoms with E-state index in [1.54, 1.807) is 99.0 Å². The van der Waals surface area contributed by atoms with Gasteiger partial charge in [-0.3, -0.25) is 20.0 Å². The first kappa shape index (κ1) is 73.8. The van der Waals surface area contributed by atoms with Gasteiger partial charge in [-0.1, -0.05) is 121 Å². The molecule has 1 heterocycles. The Balaban J connectivity index is 0.000000151. The van der Waals surface area contributed by atoms with Crippen molar-refractivity contribution in [3.05, 3.63) is 262 Å². The van der Waals surface area contributed by atoms with Crippen molar-refractivity contribution in [2.45, 2.75) is 23.6 Å². The molecule has 0 atom stereocenters. The van der Waals surface area contributed by atoms with Crippen LogP contribution in [0.3, 0.4) is 0 Å². The Hall–Kier alpha value is -14.0. The number of ether oxygens (including phenoxy) is 1. The summed E-state index contributed by atoms with van der Waals surface area (Å²) >= 11 is 0. The second-order valence-electron chi connectivity index (χ2n) is 22.4. The van der Waals surface area contributed by atoms with E-state index in [1.165, 1.54) is 54.2 Å². The number of nitrogens with zero attached hydrogens (tertiary/aromatic N) is 12. The van der Waals surface area contributed by atoms with Gasteiger partial charge in [-0.2, -0.15) is 5.11 Å². The van der Waals surface area contributed by atoms with E-state index in [0.29, 0.717) is 51.0 Å². The number of primary sulfonamides is 1. The highest BCUT2D eigenvalue weighted by Gasteiger charge is 2.18. The lowest BCUT2D eigenvalue weighted by atomic mass is 10.1. The number of hydrogen-bond donors (Lipinski definition) is 10. The molecule has 0 unspecified atom stereocenters. The molecular weight excluding hydrogens is 1390 g/mol. The number of aryl methyl sites for hydroxylation is 2. The first-order valence-corrected chi connectivity index (χ1v) is 34.1. The Labute approximate surface area is 597 Å². The molecule has 0 spiro atoms. The van der Waals surface area contributed by atoms with Gasteiger partial charge in [-0.15, -0.1) is 46.0 Å². The Morgan fingerprint density at radius 2 is 0.962 bits per heavy atom. The number of azo groups is 5. The molecule has 0 fully saturated rings. The second kappa shape index (κ2) is 32.6. The summed E-state index contributed by atoms with van der Waals surface area (Å²) < 4.78 is 55.3. The normalized spacial score (nSPS) is 11.7. The third kappa shape index (κ3) is 18.0. The number of nitrogens with one attached hydrogen (secondary N) is 2. The van der Waals surface area contributed by atoms with Crippen molar-refractivity contribution in [1.29, 1.82) is 0 Å². The molecule has 105 heavy (non-hydrogen) atoms. The molecule has 0 bridgehead atoms. The number of nitro benzene ring substituents is 1. The van der Waals surface area contributed by atoms with E-state index in [2.05, 4.69) is 61.0 Å². The molecule has 0 amide bonds. The monoisotopic (exact) mass is 1450 g/mol. The van der Waals surface area contributed by atoms with Crippen LogP contribution in [0.15, 0.2) is 296 Å². The Morgan fingerprint density at radius 1 is 0.467 bits per heavy atom. The SMILES string of the molecule is CNS(=O)(=O)c1ccc(O)c(N=Nc2c(O)ccc3ccccc23)c1.COc1ccccc1N=Nc1ccc(O)c(N=Nc2c(O)ccc3ccccc23)c1.Cc1[nH]n(-c2ccccc2)c(=O)c1N=Nc1cc(S(N)(=O)=O)ccc1O.Cc1ccc2c(N=Nc3ccc([N+](=O)[O-])cc3O)c(N)ccc2c1. The molecule has 0 aliphatic carbocycles. The predicted octanol–water partition coefficient (Wildman–Crippen LogP) is 17.7. The number of phenolic OH excluding ortho intramolecular Hbond substituents is 6. The van der Waals surface area contributed by atoms with Crippen molar-refractivity contribution in [3.8, 4) is 45.9 Å². The maximum Gasteiger partial charge on any atom is 0.299 e. The molecule has 32 heteroatoms. The highest BCUT2D eigenvalue weighted by molar-refractivity contribution is 7.89. The van der Waals surface area contributed by atoms with Crippen molar-refractivity contribution in [1.82, 2.24) is 14.5 Å². The Morgan fingerprint density at radius 3 is 1.55 bits per heavy atom. The van der Waals surface area contributed by atoms with Gasteiger partial charge in [0.2, 0.25) is 20.0 Å². The fourth-order valence-electron chi connectivity index (χ4n) is 9.91. The Bertz CT molecular complexity index is 5920. The van der Waals surface area contributed by atoms with E-state index in [1.807, 2.05) is 85.8 Å². The lowest BCUT2D eigenvalue weighted by molar-refractivity contribution is -0.384. The number of anilines is 1. The van der Waals surface area contributed by atoms with Crippen LogP contribution in [0, 0.1) is 24.0 Å². The van der Waals surface area contributed by atoms with Gasteiger partial charge in [0.25, 0.3) is 11.2 Å². The molecule has 13 rings (SSSR count). The molecule has 0 saturated heterocycles. The number of nitro groups is 1. The van der Waals surface area contributed by atoms with Crippen molar-refractivity contribution in [3.63, 3.8) is 0 Å². The quantitative estimate of drug-likeness (QED) is 0.0186. The minimum atomic E-state index is -3.96. The molecule has 30 nitrogen and oxygen atoms in total. The van der Waals surface area contributed by atoms with Crippen LogP contribution in [0.5, 0.6) is 40.2 Å². The summed E-state index contributed by atoms with van der Waals surface area (Å²) in [6.45, 7) is 3.64. The number of para-hydroxylation sites is 2. The molecular formula is C73H62N16O14S2. The highest BCUT2D eigenvalue weighted by Crippen LogP contribution is 2.42. The summed E-state index contributed by atoms with van der Waals surface area (Å²) in [5.74, 6) is -0.357. The van der Waals surface area contributed by atoms with E-state index in [9.17, 15) is 62.4 Å². The first-order chi connectivity index (χ1) is 50.3. The number of H-pyrrole nitrogens is 1. The van der Waals surface area contributed by atoms with Gasteiger partial charge in [-0.05, 0) is 140 Å². The third-order valence-corrected chi connectivity index (χ3v) is 17.6. The van der Waals surface area contributed by atoms with Crippen molar-refractivity contribution >= 4 is 121 Å². The predicted molar refractivity (Wildman–Crippen MR) is 396 cm³/mol. The van der Waals surface area contributed by atoms with Crippen molar-refractivity contribution in [2.75, 3.05) is 19.9 Å². The summed E-state index contributed by atoms with van der Waals surface area (Å²) in [6, 6.07) is 62.4. The molecule has 0 radical (unpaired) electrons. The maximum absolute atomic E-state index is 12.5. The molecule has 12 N–H and O–H groups in total. The van der Waals surface area contributed by atoms with E-state index in [4.69, 9.17) is 15.6 Å². The van der Waals surface area contributed by atoms with Crippen LogP contribution >= 0.6 is 0 Å². The average molecular weight is 1450 g/mol. The molecule has 13 aromatic rings. The van der Waals surface area contributed by atoms with Crippen LogP contribution in [0.1, 0.15) is 11.3 Å². The minimum absolute atomic E-state index is 0.00366. The summed E-state index contributed by atoms with van der Waals surface area (Å²) in [6.07, 6.45) is 0. The van der Waals surface area contributed by atoms with Gasteiger partial charge < -0.3 is 41.1 Å². The van der Waals surface area contributed by atoms with Crippen LogP contribution < -0.4 is 25.9 Å². The fraction of sp³-hybridized carbons (Fsp3) is 0.0548. The Kier molecular flexibility index (Phi) is 22.9. The number of benzene rings is 12. The number of methoxy groups -OCH3 is 1. The summed E-state index contributed by atoms with van der Waals surface area (Å²) in [5.41, 5.74) is 10.3.